The molecule has 10 aliphatic rings. The fraction of sp³-hybridized carbons (Fsp3) is 0.837. The average Bonchev–Trinajstić information content (AvgIpc) is 3.57. The minimum absolute atomic E-state index is 0.0504. The second-order valence-electron chi connectivity index (χ2n) is 18.8. The minimum atomic E-state index is -0.845. The van der Waals surface area contributed by atoms with Crippen LogP contribution in [0.5, 0.6) is 5.75 Å². The van der Waals surface area contributed by atoms with Gasteiger partial charge in [0, 0.05) is 43.4 Å². The summed E-state index contributed by atoms with van der Waals surface area (Å²) >= 11 is 0. The van der Waals surface area contributed by atoms with E-state index in [1.807, 2.05) is 13.8 Å². The van der Waals surface area contributed by atoms with Crippen LogP contribution >= 0.6 is 0 Å². The standard InChI is InChI=1S/C25H33NO9.C18H30O5/c1-15-6-11-20-16(2)21(32-22-25(20)19(15)12-13-24(3,33-22)34-35-25)5-4-14-30-23(27)31-18-9-7-17(8-10-18)26(28)29;1-11-6-7-14-12(2)15(5-4-10-19)20-16-18(14)13(11)8-9-17(3,21-16)22-23-18/h7-10,15-16,19-22H,4-6,11-14H2,1-3H3;11-16,19H,4-10H2,1-3H3. The predicted octanol–water partition coefficient (Wildman–Crippen LogP) is 8.15. The Morgan fingerprint density at radius 1 is 0.741 bits per heavy atom. The molecule has 16 unspecified atom stereocenters. The maximum atomic E-state index is 12.0. The Balaban J connectivity index is 0.000000176. The molecule has 2 saturated carbocycles. The topological polar surface area (TPSA) is 173 Å². The summed E-state index contributed by atoms with van der Waals surface area (Å²) in [5.41, 5.74) is -1.11. The van der Waals surface area contributed by atoms with E-state index in [9.17, 15) is 20.0 Å². The van der Waals surface area contributed by atoms with Crippen LogP contribution in [-0.2, 0) is 43.2 Å². The molecule has 4 bridgehead atoms. The highest BCUT2D eigenvalue weighted by Gasteiger charge is 2.70. The Hall–Kier alpha value is -2.47. The zero-order chi connectivity index (χ0) is 41.0. The lowest BCUT2D eigenvalue weighted by atomic mass is 9.57. The molecule has 11 rings (SSSR count). The van der Waals surface area contributed by atoms with Crippen molar-refractivity contribution in [2.45, 2.75) is 166 Å². The van der Waals surface area contributed by atoms with E-state index in [-0.39, 0.29) is 55.0 Å². The number of fused-ring (bicyclic) bond motifs is 4. The van der Waals surface area contributed by atoms with Crippen molar-refractivity contribution in [3.05, 3.63) is 34.4 Å². The Kier molecular flexibility index (Phi) is 12.0. The van der Waals surface area contributed by atoms with Crippen molar-refractivity contribution < 1.29 is 62.8 Å². The maximum Gasteiger partial charge on any atom is 0.513 e. The van der Waals surface area contributed by atoms with Crippen molar-refractivity contribution in [1.82, 2.24) is 0 Å². The molecule has 8 saturated heterocycles. The van der Waals surface area contributed by atoms with E-state index >= 15 is 0 Å². The quantitative estimate of drug-likeness (QED) is 0.0632. The van der Waals surface area contributed by atoms with Crippen LogP contribution < -0.4 is 4.74 Å². The Labute approximate surface area is 340 Å². The molecule has 0 aromatic heterocycles. The summed E-state index contributed by atoms with van der Waals surface area (Å²) in [6.45, 7) is 13.4. The largest absolute Gasteiger partial charge is 0.513 e. The van der Waals surface area contributed by atoms with Crippen molar-refractivity contribution in [3.8, 4) is 5.75 Å². The molecule has 2 spiro atoms. The molecule has 0 radical (unpaired) electrons. The van der Waals surface area contributed by atoms with Gasteiger partial charge in [-0.05, 0) is 126 Å². The number of benzene rings is 1. The summed E-state index contributed by atoms with van der Waals surface area (Å²) in [5.74, 6) is 1.87. The highest BCUT2D eigenvalue weighted by Crippen LogP contribution is 2.62. The third kappa shape index (κ3) is 7.48. The number of hydrogen-bond donors (Lipinski definition) is 1. The molecule has 16 atom stereocenters. The zero-order valence-electron chi connectivity index (χ0n) is 34.8. The van der Waals surface area contributed by atoms with E-state index in [0.717, 1.165) is 57.8 Å². The fourth-order valence-corrected chi connectivity index (χ4v) is 12.1. The lowest BCUT2D eigenvalue weighted by Gasteiger charge is -2.60. The molecule has 1 N–H and O–H groups in total. The van der Waals surface area contributed by atoms with Crippen molar-refractivity contribution >= 4 is 11.8 Å². The molecular formula is C43H63NO14. The third-order valence-electron chi connectivity index (χ3n) is 15.3. The van der Waals surface area contributed by atoms with Crippen LogP contribution in [-0.4, -0.2) is 77.0 Å². The molecule has 324 valence electrons. The summed E-state index contributed by atoms with van der Waals surface area (Å²) in [4.78, 5) is 46.1. The number of aliphatic hydroxyl groups is 1. The molecule has 8 aliphatic heterocycles. The van der Waals surface area contributed by atoms with Gasteiger partial charge in [0.05, 0.1) is 23.7 Å². The predicted molar refractivity (Wildman–Crippen MR) is 204 cm³/mol. The number of carbonyl (C=O) groups excluding carboxylic acids is 1. The van der Waals surface area contributed by atoms with Crippen LogP contribution in [0, 0.1) is 57.5 Å². The summed E-state index contributed by atoms with van der Waals surface area (Å²) in [7, 11) is 0. The summed E-state index contributed by atoms with van der Waals surface area (Å²) in [6, 6.07) is 5.26. The first kappa shape index (κ1) is 42.2. The van der Waals surface area contributed by atoms with Crippen LogP contribution in [0.2, 0.25) is 0 Å². The highest BCUT2D eigenvalue weighted by atomic mass is 17.3. The van der Waals surface area contributed by atoms with Gasteiger partial charge in [-0.1, -0.05) is 27.7 Å². The number of nitro benzene ring substituents is 1. The molecule has 1 aromatic carbocycles. The fourth-order valence-electron chi connectivity index (χ4n) is 12.1. The van der Waals surface area contributed by atoms with Gasteiger partial charge in [-0.15, -0.1) is 0 Å². The molecule has 10 fully saturated rings. The van der Waals surface area contributed by atoms with Gasteiger partial charge in [0.2, 0.25) is 11.6 Å². The smallest absolute Gasteiger partial charge is 0.434 e. The Morgan fingerprint density at radius 3 is 1.72 bits per heavy atom. The van der Waals surface area contributed by atoms with E-state index in [1.165, 1.54) is 30.7 Å². The van der Waals surface area contributed by atoms with E-state index in [2.05, 4.69) is 27.7 Å². The summed E-state index contributed by atoms with van der Waals surface area (Å²) in [5, 5.41) is 19.9. The summed E-state index contributed by atoms with van der Waals surface area (Å²) in [6.07, 6.45) is 9.63. The van der Waals surface area contributed by atoms with Gasteiger partial charge in [0.1, 0.15) is 5.75 Å². The highest BCUT2D eigenvalue weighted by molar-refractivity contribution is 5.63. The number of ether oxygens (including phenoxy) is 6. The van der Waals surface area contributed by atoms with Crippen LogP contribution in [0.4, 0.5) is 10.5 Å². The van der Waals surface area contributed by atoms with Crippen LogP contribution in [0.1, 0.15) is 119 Å². The second kappa shape index (κ2) is 16.4. The number of carbonyl (C=O) groups is 1. The number of hydrogen-bond acceptors (Lipinski definition) is 14. The SMILES string of the molecule is CC1CCC2C(C)C(CCCO)OC3OC4(C)CCC1C32OO4.CC1CCC2C(C)C(CCCOC(=O)Oc3ccc([N+](=O)[O-])cc3)OC3OC4(C)CCC1C32OO4. The normalized spacial score (nSPS) is 46.0. The first-order valence-corrected chi connectivity index (χ1v) is 21.8. The maximum absolute atomic E-state index is 12.0. The van der Waals surface area contributed by atoms with Crippen LogP contribution in [0.25, 0.3) is 0 Å². The van der Waals surface area contributed by atoms with E-state index in [4.69, 9.17) is 48.0 Å². The van der Waals surface area contributed by atoms with Gasteiger partial charge < -0.3 is 33.5 Å². The molecule has 58 heavy (non-hydrogen) atoms. The Morgan fingerprint density at radius 2 is 1.24 bits per heavy atom. The van der Waals surface area contributed by atoms with Crippen molar-refractivity contribution in [1.29, 1.82) is 0 Å². The second-order valence-corrected chi connectivity index (χ2v) is 18.8. The van der Waals surface area contributed by atoms with E-state index in [0.29, 0.717) is 48.3 Å². The number of rotatable bonds is 9. The molecule has 8 heterocycles. The molecule has 2 aliphatic carbocycles. The van der Waals surface area contributed by atoms with Crippen LogP contribution in [0.15, 0.2) is 24.3 Å². The lowest BCUT2D eigenvalue weighted by molar-refractivity contribution is -0.571. The number of nitrogens with zero attached hydrogens (tertiary/aromatic N) is 1. The molecule has 15 nitrogen and oxygen atoms in total. The van der Waals surface area contributed by atoms with Gasteiger partial charge in [-0.3, -0.25) is 10.1 Å². The van der Waals surface area contributed by atoms with Gasteiger partial charge in [0.15, 0.2) is 23.8 Å². The van der Waals surface area contributed by atoms with Crippen molar-refractivity contribution in [2.24, 2.45) is 47.3 Å². The van der Waals surface area contributed by atoms with Gasteiger partial charge in [0.25, 0.3) is 5.69 Å². The number of non-ortho nitro benzene ring substituents is 1. The summed E-state index contributed by atoms with van der Waals surface area (Å²) < 4.78 is 35.9. The van der Waals surface area contributed by atoms with E-state index < -0.39 is 40.1 Å². The molecule has 0 amide bonds. The molecule has 1 aromatic rings. The lowest BCUT2D eigenvalue weighted by Crippen LogP contribution is -2.70. The van der Waals surface area contributed by atoms with Crippen LogP contribution in [0.3, 0.4) is 0 Å². The molecular weight excluding hydrogens is 754 g/mol. The van der Waals surface area contributed by atoms with Crippen molar-refractivity contribution in [2.75, 3.05) is 13.2 Å². The van der Waals surface area contributed by atoms with Crippen molar-refractivity contribution in [3.63, 3.8) is 0 Å². The Bertz CT molecular complexity index is 1630. The van der Waals surface area contributed by atoms with Gasteiger partial charge in [-0.2, -0.15) is 0 Å². The first-order valence-electron chi connectivity index (χ1n) is 21.8. The van der Waals surface area contributed by atoms with Gasteiger partial charge >= 0.3 is 6.16 Å². The number of aliphatic hydroxyl groups excluding tert-OH is 1. The average molecular weight is 818 g/mol. The monoisotopic (exact) mass is 817 g/mol. The number of nitro groups is 1. The first-order chi connectivity index (χ1) is 27.7. The zero-order valence-corrected chi connectivity index (χ0v) is 34.8. The minimum Gasteiger partial charge on any atom is -0.434 e. The van der Waals surface area contributed by atoms with Gasteiger partial charge in [-0.25, -0.2) is 24.3 Å². The molecule has 15 heteroatoms. The van der Waals surface area contributed by atoms with E-state index in [1.54, 1.807) is 0 Å². The third-order valence-corrected chi connectivity index (χ3v) is 15.3.